The van der Waals surface area contributed by atoms with Crippen LogP contribution in [0.15, 0.2) is 30.3 Å². The summed E-state index contributed by atoms with van der Waals surface area (Å²) in [6.45, 7) is 3.85. The van der Waals surface area contributed by atoms with Gasteiger partial charge in [-0.3, -0.25) is 4.79 Å². The topological polar surface area (TPSA) is 47.3 Å². The van der Waals surface area contributed by atoms with E-state index in [1.807, 2.05) is 35.2 Å². The predicted octanol–water partition coefficient (Wildman–Crippen LogP) is 2.27. The zero-order valence-corrected chi connectivity index (χ0v) is 12.8. The van der Waals surface area contributed by atoms with Gasteiger partial charge in [-0.15, -0.1) is 0 Å². The van der Waals surface area contributed by atoms with E-state index in [0.717, 1.165) is 31.5 Å². The molecule has 0 aromatic heterocycles. The van der Waals surface area contributed by atoms with Gasteiger partial charge in [0.25, 0.3) is 0 Å². The Labute approximate surface area is 127 Å². The monoisotopic (exact) mass is 285 g/mol. The molecule has 0 saturated carbocycles. The quantitative estimate of drug-likeness (QED) is 0.630. The summed E-state index contributed by atoms with van der Waals surface area (Å²) in [5, 5.41) is 9.18. The summed E-state index contributed by atoms with van der Waals surface area (Å²) < 4.78 is 0. The maximum Gasteiger partial charge on any atom is 0.246 e. The van der Waals surface area contributed by atoms with E-state index in [9.17, 15) is 10.1 Å². The number of hydrogen-bond donors (Lipinski definition) is 0. The molecule has 0 N–H and O–H groups in total. The van der Waals surface area contributed by atoms with Gasteiger partial charge >= 0.3 is 0 Å². The Morgan fingerprint density at radius 1 is 1.38 bits per heavy atom. The Morgan fingerprint density at radius 3 is 2.57 bits per heavy atom. The first-order valence-corrected chi connectivity index (χ1v) is 7.57. The number of carbonyl (C=O) groups is 1. The lowest BCUT2D eigenvalue weighted by atomic mass is 9.97. The summed E-state index contributed by atoms with van der Waals surface area (Å²) >= 11 is 0. The van der Waals surface area contributed by atoms with Crippen molar-refractivity contribution < 1.29 is 4.79 Å². The van der Waals surface area contributed by atoms with E-state index in [1.165, 1.54) is 4.90 Å². The smallest absolute Gasteiger partial charge is 0.246 e. The van der Waals surface area contributed by atoms with Gasteiger partial charge in [0.1, 0.15) is 6.04 Å². The van der Waals surface area contributed by atoms with Gasteiger partial charge in [0, 0.05) is 26.6 Å². The Bertz CT molecular complexity index is 501. The predicted molar refractivity (Wildman–Crippen MR) is 82.3 cm³/mol. The van der Waals surface area contributed by atoms with Gasteiger partial charge < -0.3 is 9.80 Å². The van der Waals surface area contributed by atoms with Gasteiger partial charge in [-0.05, 0) is 24.3 Å². The van der Waals surface area contributed by atoms with Crippen LogP contribution < -0.4 is 0 Å². The van der Waals surface area contributed by atoms with Crippen LogP contribution >= 0.6 is 0 Å². The van der Waals surface area contributed by atoms with Gasteiger partial charge in [0.15, 0.2) is 6.19 Å². The maximum absolute atomic E-state index is 12.7. The van der Waals surface area contributed by atoms with E-state index >= 15 is 0 Å². The molecule has 21 heavy (non-hydrogen) atoms. The SMILES string of the molecule is CC1CCN(C(=O)C(Cc2ccccc2)N(C)C#N)CC1. The highest BCUT2D eigenvalue weighted by Gasteiger charge is 2.29. The molecule has 1 aliphatic rings. The molecule has 1 atom stereocenters. The summed E-state index contributed by atoms with van der Waals surface area (Å²) in [4.78, 5) is 16.1. The van der Waals surface area contributed by atoms with Crippen molar-refractivity contribution in [3.63, 3.8) is 0 Å². The molecule has 1 saturated heterocycles. The van der Waals surface area contributed by atoms with E-state index in [1.54, 1.807) is 7.05 Å². The van der Waals surface area contributed by atoms with E-state index in [4.69, 9.17) is 0 Å². The fourth-order valence-electron chi connectivity index (χ4n) is 2.74. The highest BCUT2D eigenvalue weighted by Crippen LogP contribution is 2.19. The van der Waals surface area contributed by atoms with Crippen molar-refractivity contribution >= 4 is 5.91 Å². The van der Waals surface area contributed by atoms with E-state index in [-0.39, 0.29) is 5.91 Å². The molecule has 4 nitrogen and oxygen atoms in total. The van der Waals surface area contributed by atoms with Gasteiger partial charge in [0.05, 0.1) is 0 Å². The minimum atomic E-state index is -0.397. The van der Waals surface area contributed by atoms with Crippen molar-refractivity contribution in [1.82, 2.24) is 9.80 Å². The van der Waals surface area contributed by atoms with Crippen LogP contribution in [0.4, 0.5) is 0 Å². The fraction of sp³-hybridized carbons (Fsp3) is 0.529. The summed E-state index contributed by atoms with van der Waals surface area (Å²) in [7, 11) is 1.69. The number of hydrogen-bond acceptors (Lipinski definition) is 3. The molecule has 1 aromatic rings. The van der Waals surface area contributed by atoms with Crippen LogP contribution in [0.25, 0.3) is 0 Å². The van der Waals surface area contributed by atoms with Crippen molar-refractivity contribution in [2.75, 3.05) is 20.1 Å². The van der Waals surface area contributed by atoms with Crippen LogP contribution in [-0.2, 0) is 11.2 Å². The molecule has 112 valence electrons. The number of benzene rings is 1. The molecule has 0 bridgehead atoms. The Morgan fingerprint density at radius 2 is 2.00 bits per heavy atom. The third kappa shape index (κ3) is 3.98. The van der Waals surface area contributed by atoms with Crippen molar-refractivity contribution in [2.24, 2.45) is 5.92 Å². The molecule has 4 heteroatoms. The number of carbonyl (C=O) groups excluding carboxylic acids is 1. The van der Waals surface area contributed by atoms with Crippen LogP contribution in [0, 0.1) is 17.4 Å². The first kappa shape index (κ1) is 15.4. The summed E-state index contributed by atoms with van der Waals surface area (Å²) in [6, 6.07) is 9.50. The number of nitrogens with zero attached hydrogens (tertiary/aromatic N) is 3. The second-order valence-corrected chi connectivity index (χ2v) is 5.92. The summed E-state index contributed by atoms with van der Waals surface area (Å²) in [5.74, 6) is 0.769. The second-order valence-electron chi connectivity index (χ2n) is 5.92. The minimum Gasteiger partial charge on any atom is -0.341 e. The number of rotatable bonds is 4. The molecule has 1 amide bonds. The van der Waals surface area contributed by atoms with Crippen LogP contribution in [0.1, 0.15) is 25.3 Å². The van der Waals surface area contributed by atoms with Crippen LogP contribution in [0.3, 0.4) is 0 Å². The van der Waals surface area contributed by atoms with Crippen LogP contribution in [-0.4, -0.2) is 41.9 Å². The molecule has 1 heterocycles. The third-order valence-corrected chi connectivity index (χ3v) is 4.28. The third-order valence-electron chi connectivity index (χ3n) is 4.28. The molecule has 0 spiro atoms. The molecule has 2 rings (SSSR count). The molecule has 1 aromatic carbocycles. The molecular formula is C17H23N3O. The van der Waals surface area contributed by atoms with Crippen LogP contribution in [0.2, 0.25) is 0 Å². The normalized spacial score (nSPS) is 17.1. The van der Waals surface area contributed by atoms with Gasteiger partial charge in [-0.1, -0.05) is 37.3 Å². The average molecular weight is 285 g/mol. The molecular weight excluding hydrogens is 262 g/mol. The lowest BCUT2D eigenvalue weighted by Crippen LogP contribution is -2.49. The standard InChI is InChI=1S/C17H23N3O/c1-14-8-10-20(11-9-14)17(21)16(19(2)13-18)12-15-6-4-3-5-7-15/h3-7,14,16H,8-12H2,1-2H3. The van der Waals surface area contributed by atoms with Crippen molar-refractivity contribution in [3.8, 4) is 6.19 Å². The molecule has 0 aliphatic carbocycles. The lowest BCUT2D eigenvalue weighted by molar-refractivity contribution is -0.136. The highest BCUT2D eigenvalue weighted by atomic mass is 16.2. The fourth-order valence-corrected chi connectivity index (χ4v) is 2.74. The number of piperidine rings is 1. The zero-order valence-electron chi connectivity index (χ0n) is 12.8. The minimum absolute atomic E-state index is 0.0785. The average Bonchev–Trinajstić information content (AvgIpc) is 2.53. The van der Waals surface area contributed by atoms with E-state index in [2.05, 4.69) is 13.1 Å². The first-order chi connectivity index (χ1) is 10.1. The Kier molecular flexibility index (Phi) is 5.21. The first-order valence-electron chi connectivity index (χ1n) is 7.57. The number of nitriles is 1. The van der Waals surface area contributed by atoms with Crippen molar-refractivity contribution in [2.45, 2.75) is 32.2 Å². The Hall–Kier alpha value is -2.02. The van der Waals surface area contributed by atoms with Crippen molar-refractivity contribution in [3.05, 3.63) is 35.9 Å². The summed E-state index contributed by atoms with van der Waals surface area (Å²) in [5.41, 5.74) is 1.09. The number of likely N-dealkylation sites (tertiary alicyclic amines) is 1. The van der Waals surface area contributed by atoms with E-state index in [0.29, 0.717) is 12.3 Å². The number of amides is 1. The van der Waals surface area contributed by atoms with Gasteiger partial charge in [-0.25, -0.2) is 0 Å². The molecule has 1 fully saturated rings. The highest BCUT2D eigenvalue weighted by molar-refractivity contribution is 5.82. The molecule has 1 unspecified atom stereocenters. The zero-order chi connectivity index (χ0) is 15.2. The second kappa shape index (κ2) is 7.12. The van der Waals surface area contributed by atoms with Gasteiger partial charge in [0.2, 0.25) is 5.91 Å². The van der Waals surface area contributed by atoms with E-state index < -0.39 is 6.04 Å². The van der Waals surface area contributed by atoms with Gasteiger partial charge in [-0.2, -0.15) is 5.26 Å². The molecule has 0 radical (unpaired) electrons. The van der Waals surface area contributed by atoms with Crippen molar-refractivity contribution in [1.29, 1.82) is 5.26 Å². The Balaban J connectivity index is 2.09. The van der Waals surface area contributed by atoms with Crippen LogP contribution in [0.5, 0.6) is 0 Å². The lowest BCUT2D eigenvalue weighted by Gasteiger charge is -2.34. The molecule has 1 aliphatic heterocycles. The summed E-state index contributed by atoms with van der Waals surface area (Å²) in [6.07, 6.45) is 4.79. The maximum atomic E-state index is 12.7. The number of likely N-dealkylation sites (N-methyl/N-ethyl adjacent to an activating group) is 1. The largest absolute Gasteiger partial charge is 0.341 e.